The Morgan fingerprint density at radius 1 is 0.242 bits per heavy atom. The number of rotatable bonds is 9. The zero-order valence-corrected chi connectivity index (χ0v) is 33.3. The summed E-state index contributed by atoms with van der Waals surface area (Å²) in [6, 6.07) is 73.0. The summed E-state index contributed by atoms with van der Waals surface area (Å²) in [4.78, 5) is 29.9. The highest BCUT2D eigenvalue weighted by atomic mass is 15.0. The summed E-state index contributed by atoms with van der Waals surface area (Å²) >= 11 is 0. The molecule has 7 nitrogen and oxygen atoms in total. The lowest BCUT2D eigenvalue weighted by atomic mass is 9.95. The smallest absolute Gasteiger partial charge is 0.164 e. The van der Waals surface area contributed by atoms with Crippen LogP contribution < -0.4 is 0 Å². The lowest BCUT2D eigenvalue weighted by Gasteiger charge is -2.13. The van der Waals surface area contributed by atoms with Crippen LogP contribution in [-0.4, -0.2) is 29.9 Å². The third-order valence-electron chi connectivity index (χ3n) is 10.7. The molecule has 10 aromatic rings. The molecule has 0 atom stereocenters. The molecule has 0 unspecified atom stereocenters. The summed E-state index contributed by atoms with van der Waals surface area (Å²) in [6.07, 6.45) is 0. The van der Waals surface area contributed by atoms with Gasteiger partial charge in [0.05, 0.1) is 11.6 Å². The molecule has 2 heterocycles. The molecule has 62 heavy (non-hydrogen) atoms. The van der Waals surface area contributed by atoms with E-state index in [4.69, 9.17) is 29.9 Å². The van der Waals surface area contributed by atoms with Gasteiger partial charge < -0.3 is 0 Å². The summed E-state index contributed by atoms with van der Waals surface area (Å²) in [6.45, 7) is 0. The van der Waals surface area contributed by atoms with Crippen molar-refractivity contribution >= 4 is 0 Å². The van der Waals surface area contributed by atoms with Crippen molar-refractivity contribution in [3.8, 4) is 108 Å². The highest BCUT2D eigenvalue weighted by Crippen LogP contribution is 2.36. The molecule has 290 valence electrons. The van der Waals surface area contributed by atoms with Crippen molar-refractivity contribution in [1.82, 2.24) is 29.9 Å². The maximum atomic E-state index is 9.84. The number of hydrogen-bond donors (Lipinski definition) is 0. The van der Waals surface area contributed by atoms with E-state index in [1.165, 1.54) is 0 Å². The topological polar surface area (TPSA) is 101 Å². The van der Waals surface area contributed by atoms with Crippen LogP contribution in [0, 0.1) is 11.3 Å². The van der Waals surface area contributed by atoms with Crippen molar-refractivity contribution in [3.63, 3.8) is 0 Å². The SMILES string of the molecule is N#Cc1ccccc1-c1cccc(-c2nc(-c3ccccc3)nc(-c3ccccc3-c3cccc(-c4ccc(-c5nc(-c6ccccc6)nc(-c6ccccc6)n5)cc4)c3)n2)c1. The average Bonchev–Trinajstić information content (AvgIpc) is 3.37. The molecule has 0 saturated carbocycles. The van der Waals surface area contributed by atoms with Crippen LogP contribution in [0.4, 0.5) is 0 Å². The Bertz CT molecular complexity index is 3180. The second kappa shape index (κ2) is 16.9. The quantitative estimate of drug-likeness (QED) is 0.143. The molecule has 7 heteroatoms. The third-order valence-corrected chi connectivity index (χ3v) is 10.7. The molecule has 0 saturated heterocycles. The molecule has 10 rings (SSSR count). The molecular formula is C55H35N7. The molecule has 0 bridgehead atoms. The first-order valence-electron chi connectivity index (χ1n) is 20.3. The van der Waals surface area contributed by atoms with Gasteiger partial charge >= 0.3 is 0 Å². The zero-order valence-electron chi connectivity index (χ0n) is 33.3. The van der Waals surface area contributed by atoms with Crippen molar-refractivity contribution in [2.75, 3.05) is 0 Å². The molecule has 0 aliphatic rings. The van der Waals surface area contributed by atoms with E-state index in [0.717, 1.165) is 66.8 Å². The molecule has 0 N–H and O–H groups in total. The van der Waals surface area contributed by atoms with Crippen LogP contribution in [0.5, 0.6) is 0 Å². The first-order valence-corrected chi connectivity index (χ1v) is 20.3. The van der Waals surface area contributed by atoms with E-state index in [2.05, 4.69) is 66.7 Å². The highest BCUT2D eigenvalue weighted by molar-refractivity contribution is 5.85. The van der Waals surface area contributed by atoms with Gasteiger partial charge in [-0.2, -0.15) is 5.26 Å². The van der Waals surface area contributed by atoms with Gasteiger partial charge in [-0.1, -0.05) is 194 Å². The molecule has 0 aliphatic heterocycles. The van der Waals surface area contributed by atoms with E-state index >= 15 is 0 Å². The van der Waals surface area contributed by atoms with Crippen molar-refractivity contribution < 1.29 is 0 Å². The van der Waals surface area contributed by atoms with Gasteiger partial charge in [0.2, 0.25) is 0 Å². The van der Waals surface area contributed by atoms with E-state index in [1.807, 2.05) is 152 Å². The van der Waals surface area contributed by atoms with Crippen LogP contribution in [-0.2, 0) is 0 Å². The van der Waals surface area contributed by atoms with Crippen molar-refractivity contribution in [2.24, 2.45) is 0 Å². The second-order valence-electron chi connectivity index (χ2n) is 14.7. The fourth-order valence-electron chi connectivity index (χ4n) is 7.55. The Balaban J connectivity index is 1.02. The van der Waals surface area contributed by atoms with Gasteiger partial charge in [0.15, 0.2) is 34.9 Å². The first-order chi connectivity index (χ1) is 30.7. The predicted molar refractivity (Wildman–Crippen MR) is 247 cm³/mol. The molecule has 0 aliphatic carbocycles. The standard InChI is InChI=1S/C55H35N7/c56-36-46-22-10-11-27-47(46)43-24-15-26-45(35-43)54-60-52(40-20-8-3-9-21-40)61-55(62-54)49-29-13-12-28-48(49)44-25-14-23-42(34-44)37-30-32-41(33-31-37)53-58-50(38-16-4-1-5-17-38)57-51(59-53)39-18-6-2-7-19-39/h1-35H. The number of benzene rings is 8. The third kappa shape index (κ3) is 7.75. The minimum absolute atomic E-state index is 0.541. The fourth-order valence-corrected chi connectivity index (χ4v) is 7.55. The molecule has 0 fully saturated rings. The summed E-state index contributed by atoms with van der Waals surface area (Å²) < 4.78 is 0. The monoisotopic (exact) mass is 793 g/mol. The van der Waals surface area contributed by atoms with Crippen molar-refractivity contribution in [3.05, 3.63) is 218 Å². The second-order valence-corrected chi connectivity index (χ2v) is 14.7. The van der Waals surface area contributed by atoms with Gasteiger partial charge in [-0.05, 0) is 51.6 Å². The summed E-state index contributed by atoms with van der Waals surface area (Å²) in [5, 5.41) is 9.84. The Morgan fingerprint density at radius 3 is 1.11 bits per heavy atom. The van der Waals surface area contributed by atoms with Crippen LogP contribution in [0.25, 0.3) is 102 Å². The van der Waals surface area contributed by atoms with Crippen molar-refractivity contribution in [2.45, 2.75) is 0 Å². The molecule has 0 spiro atoms. The van der Waals surface area contributed by atoms with Gasteiger partial charge in [0.25, 0.3) is 0 Å². The summed E-state index contributed by atoms with van der Waals surface area (Å²) in [7, 11) is 0. The van der Waals surface area contributed by atoms with E-state index in [-0.39, 0.29) is 0 Å². The number of nitrogens with zero attached hydrogens (tertiary/aromatic N) is 7. The van der Waals surface area contributed by atoms with Crippen LogP contribution in [0.3, 0.4) is 0 Å². The number of nitriles is 1. The summed E-state index contributed by atoms with van der Waals surface area (Å²) in [5.41, 5.74) is 11.9. The number of hydrogen-bond acceptors (Lipinski definition) is 7. The first kappa shape index (κ1) is 37.5. The van der Waals surface area contributed by atoms with E-state index in [0.29, 0.717) is 40.5 Å². The van der Waals surface area contributed by atoms with Crippen LogP contribution in [0.15, 0.2) is 212 Å². The zero-order chi connectivity index (χ0) is 41.7. The highest BCUT2D eigenvalue weighted by Gasteiger charge is 2.18. The maximum absolute atomic E-state index is 9.84. The summed E-state index contributed by atoms with van der Waals surface area (Å²) in [5.74, 6) is 3.53. The number of aromatic nitrogens is 6. The molecular weight excluding hydrogens is 759 g/mol. The van der Waals surface area contributed by atoms with Crippen LogP contribution >= 0.6 is 0 Å². The molecule has 0 radical (unpaired) electrons. The van der Waals surface area contributed by atoms with E-state index < -0.39 is 0 Å². The Morgan fingerprint density at radius 2 is 0.581 bits per heavy atom. The molecule has 0 amide bonds. The van der Waals surface area contributed by atoms with Crippen molar-refractivity contribution in [1.29, 1.82) is 5.26 Å². The Labute approximate surface area is 359 Å². The minimum atomic E-state index is 0.541. The van der Waals surface area contributed by atoms with E-state index in [9.17, 15) is 5.26 Å². The lowest BCUT2D eigenvalue weighted by molar-refractivity contribution is 1.07. The Kier molecular flexibility index (Phi) is 10.2. The predicted octanol–water partition coefficient (Wildman–Crippen LogP) is 12.9. The fraction of sp³-hybridized carbons (Fsp3) is 0. The largest absolute Gasteiger partial charge is 0.208 e. The molecule has 8 aromatic carbocycles. The van der Waals surface area contributed by atoms with Gasteiger partial charge in [0, 0.05) is 33.4 Å². The average molecular weight is 794 g/mol. The maximum Gasteiger partial charge on any atom is 0.164 e. The van der Waals surface area contributed by atoms with Gasteiger partial charge in [-0.25, -0.2) is 29.9 Å². The van der Waals surface area contributed by atoms with Crippen LogP contribution in [0.2, 0.25) is 0 Å². The molecule has 2 aromatic heterocycles. The van der Waals surface area contributed by atoms with Gasteiger partial charge in [-0.3, -0.25) is 0 Å². The van der Waals surface area contributed by atoms with Crippen LogP contribution in [0.1, 0.15) is 5.56 Å². The lowest BCUT2D eigenvalue weighted by Crippen LogP contribution is -2.01. The van der Waals surface area contributed by atoms with Gasteiger partial charge in [0.1, 0.15) is 0 Å². The Hall–Kier alpha value is -8.73. The minimum Gasteiger partial charge on any atom is -0.208 e. The van der Waals surface area contributed by atoms with Gasteiger partial charge in [-0.15, -0.1) is 0 Å². The van der Waals surface area contributed by atoms with E-state index in [1.54, 1.807) is 0 Å². The normalized spacial score (nSPS) is 10.9.